The van der Waals surface area contributed by atoms with Crippen LogP contribution in [0.5, 0.6) is 5.75 Å². The van der Waals surface area contributed by atoms with Crippen molar-refractivity contribution in [2.24, 2.45) is 0 Å². The lowest BCUT2D eigenvalue weighted by molar-refractivity contribution is -0.131. The quantitative estimate of drug-likeness (QED) is 0.400. The molecule has 0 heterocycles. The van der Waals surface area contributed by atoms with Crippen molar-refractivity contribution in [2.75, 3.05) is 5.88 Å². The minimum Gasteiger partial charge on any atom is -0.426 e. The summed E-state index contributed by atoms with van der Waals surface area (Å²) in [6.45, 7) is 1.93. The second-order valence-electron chi connectivity index (χ2n) is 2.42. The molecule has 0 amide bonds. The van der Waals surface area contributed by atoms with Crippen molar-refractivity contribution in [2.45, 2.75) is 6.92 Å². The first kappa shape index (κ1) is 9.07. The Labute approximate surface area is 76.1 Å². The van der Waals surface area contributed by atoms with E-state index in [2.05, 4.69) is 0 Å². The van der Waals surface area contributed by atoms with Crippen molar-refractivity contribution in [3.05, 3.63) is 29.8 Å². The number of hydrogen-bond donors (Lipinski definition) is 0. The number of carbonyl (C=O) groups excluding carboxylic acids is 1. The molecule has 0 aliphatic carbocycles. The molecular weight excluding hydrogens is 176 g/mol. The molecule has 1 aromatic rings. The van der Waals surface area contributed by atoms with Gasteiger partial charge in [-0.05, 0) is 24.6 Å². The summed E-state index contributed by atoms with van der Waals surface area (Å²) < 4.78 is 4.87. The highest BCUT2D eigenvalue weighted by Gasteiger charge is 2.01. The highest BCUT2D eigenvalue weighted by molar-refractivity contribution is 6.26. The van der Waals surface area contributed by atoms with E-state index in [0.29, 0.717) is 5.75 Å². The topological polar surface area (TPSA) is 26.3 Å². The Kier molecular flexibility index (Phi) is 3.11. The maximum Gasteiger partial charge on any atom is 0.326 e. The van der Waals surface area contributed by atoms with Crippen LogP contribution in [0, 0.1) is 6.92 Å². The van der Waals surface area contributed by atoms with Gasteiger partial charge in [0.1, 0.15) is 11.6 Å². The smallest absolute Gasteiger partial charge is 0.326 e. The van der Waals surface area contributed by atoms with Crippen molar-refractivity contribution in [1.29, 1.82) is 0 Å². The number of hydrogen-bond acceptors (Lipinski definition) is 2. The Bertz CT molecular complexity index is 284. The third kappa shape index (κ3) is 2.55. The van der Waals surface area contributed by atoms with Crippen LogP contribution in [-0.4, -0.2) is 11.8 Å². The maximum absolute atomic E-state index is 10.7. The summed E-state index contributed by atoms with van der Waals surface area (Å²) >= 11 is 5.27. The minimum absolute atomic E-state index is 0.117. The maximum atomic E-state index is 10.7. The first-order valence-electron chi connectivity index (χ1n) is 3.55. The zero-order valence-corrected chi connectivity index (χ0v) is 7.47. The van der Waals surface area contributed by atoms with Crippen LogP contribution in [0.2, 0.25) is 0 Å². The number of carbonyl (C=O) groups is 1. The summed E-state index contributed by atoms with van der Waals surface area (Å²) in [5, 5.41) is 0. The van der Waals surface area contributed by atoms with Gasteiger partial charge in [-0.2, -0.15) is 0 Å². The van der Waals surface area contributed by atoms with Crippen LogP contribution >= 0.6 is 11.6 Å². The normalized spacial score (nSPS) is 9.50. The van der Waals surface area contributed by atoms with Crippen LogP contribution in [-0.2, 0) is 4.79 Å². The van der Waals surface area contributed by atoms with E-state index in [0.717, 1.165) is 5.56 Å². The highest BCUT2D eigenvalue weighted by Crippen LogP contribution is 2.12. The number of rotatable bonds is 2. The zero-order chi connectivity index (χ0) is 8.97. The second-order valence-corrected chi connectivity index (χ2v) is 2.69. The Morgan fingerprint density at radius 3 is 2.92 bits per heavy atom. The molecule has 0 unspecified atom stereocenters. The Hall–Kier alpha value is -1.02. The summed E-state index contributed by atoms with van der Waals surface area (Å²) in [6.07, 6.45) is 0. The van der Waals surface area contributed by atoms with Gasteiger partial charge in [0.15, 0.2) is 0 Å². The van der Waals surface area contributed by atoms with Crippen molar-refractivity contribution < 1.29 is 9.53 Å². The largest absolute Gasteiger partial charge is 0.426 e. The molecule has 0 bridgehead atoms. The highest BCUT2D eigenvalue weighted by atomic mass is 35.5. The summed E-state index contributed by atoms with van der Waals surface area (Å²) in [6, 6.07) is 7.26. The lowest BCUT2D eigenvalue weighted by Gasteiger charge is -2.01. The van der Waals surface area contributed by atoms with E-state index in [-0.39, 0.29) is 5.88 Å². The number of esters is 1. The molecule has 0 saturated carbocycles. The van der Waals surface area contributed by atoms with Gasteiger partial charge in [0, 0.05) is 0 Å². The van der Waals surface area contributed by atoms with E-state index >= 15 is 0 Å². The summed E-state index contributed by atoms with van der Waals surface area (Å²) in [4.78, 5) is 10.7. The van der Waals surface area contributed by atoms with Gasteiger partial charge in [-0.15, -0.1) is 11.6 Å². The fourth-order valence-electron chi connectivity index (χ4n) is 0.838. The Morgan fingerprint density at radius 2 is 2.33 bits per heavy atom. The molecule has 0 aliphatic rings. The van der Waals surface area contributed by atoms with Crippen molar-refractivity contribution >= 4 is 17.6 Å². The van der Waals surface area contributed by atoms with Crippen LogP contribution in [0.15, 0.2) is 24.3 Å². The van der Waals surface area contributed by atoms with E-state index in [4.69, 9.17) is 16.3 Å². The minimum atomic E-state index is -0.428. The Morgan fingerprint density at radius 1 is 1.58 bits per heavy atom. The molecule has 0 saturated heterocycles. The van der Waals surface area contributed by atoms with E-state index < -0.39 is 5.97 Å². The molecule has 0 radical (unpaired) electrons. The third-order valence-electron chi connectivity index (χ3n) is 1.33. The van der Waals surface area contributed by atoms with Gasteiger partial charge in [-0.1, -0.05) is 12.1 Å². The SMILES string of the molecule is Cc1cccc(OC(=O)CCl)c1. The van der Waals surface area contributed by atoms with E-state index in [1.165, 1.54) is 0 Å². The van der Waals surface area contributed by atoms with Crippen LogP contribution in [0.25, 0.3) is 0 Å². The molecule has 0 spiro atoms. The van der Waals surface area contributed by atoms with E-state index in [1.54, 1.807) is 12.1 Å². The van der Waals surface area contributed by atoms with Crippen LogP contribution in [0.4, 0.5) is 0 Å². The Balaban J connectivity index is 2.69. The predicted molar refractivity (Wildman–Crippen MR) is 47.5 cm³/mol. The molecule has 0 N–H and O–H groups in total. The lowest BCUT2D eigenvalue weighted by Crippen LogP contribution is -2.08. The molecule has 64 valence electrons. The van der Waals surface area contributed by atoms with E-state index in [1.807, 2.05) is 19.1 Å². The average Bonchev–Trinajstić information content (AvgIpc) is 2.04. The zero-order valence-electron chi connectivity index (χ0n) is 6.71. The van der Waals surface area contributed by atoms with Crippen molar-refractivity contribution in [3.8, 4) is 5.75 Å². The molecule has 3 heteroatoms. The fraction of sp³-hybridized carbons (Fsp3) is 0.222. The molecule has 0 aliphatic heterocycles. The molecule has 12 heavy (non-hydrogen) atoms. The molecule has 1 rings (SSSR count). The molecular formula is C9H9ClO2. The van der Waals surface area contributed by atoms with Gasteiger partial charge < -0.3 is 4.74 Å². The standard InChI is InChI=1S/C9H9ClO2/c1-7-3-2-4-8(5-7)12-9(11)6-10/h2-5H,6H2,1H3. The first-order valence-corrected chi connectivity index (χ1v) is 4.09. The molecule has 0 fully saturated rings. The van der Waals surface area contributed by atoms with Gasteiger partial charge in [0.05, 0.1) is 0 Å². The summed E-state index contributed by atoms with van der Waals surface area (Å²) in [7, 11) is 0. The molecule has 1 aromatic carbocycles. The fourth-order valence-corrected chi connectivity index (χ4v) is 0.892. The monoisotopic (exact) mass is 184 g/mol. The average molecular weight is 185 g/mol. The lowest BCUT2D eigenvalue weighted by atomic mass is 10.2. The van der Waals surface area contributed by atoms with Crippen LogP contribution < -0.4 is 4.74 Å². The van der Waals surface area contributed by atoms with E-state index in [9.17, 15) is 4.79 Å². The second kappa shape index (κ2) is 4.12. The molecule has 0 aromatic heterocycles. The van der Waals surface area contributed by atoms with Crippen molar-refractivity contribution in [3.63, 3.8) is 0 Å². The van der Waals surface area contributed by atoms with Gasteiger partial charge in [0.2, 0.25) is 0 Å². The van der Waals surface area contributed by atoms with Crippen molar-refractivity contribution in [1.82, 2.24) is 0 Å². The van der Waals surface area contributed by atoms with Gasteiger partial charge in [-0.25, -0.2) is 0 Å². The number of benzene rings is 1. The van der Waals surface area contributed by atoms with Gasteiger partial charge in [-0.3, -0.25) is 4.79 Å². The molecule has 2 nitrogen and oxygen atoms in total. The van der Waals surface area contributed by atoms with Crippen LogP contribution in [0.1, 0.15) is 5.56 Å². The number of ether oxygens (including phenoxy) is 1. The third-order valence-corrected chi connectivity index (χ3v) is 1.55. The number of aryl methyl sites for hydroxylation is 1. The first-order chi connectivity index (χ1) is 5.72. The van der Waals surface area contributed by atoms with Gasteiger partial charge >= 0.3 is 5.97 Å². The molecule has 0 atom stereocenters. The number of halogens is 1. The summed E-state index contributed by atoms with van der Waals surface area (Å²) in [5.74, 6) is -0.00331. The van der Waals surface area contributed by atoms with Crippen LogP contribution in [0.3, 0.4) is 0 Å². The van der Waals surface area contributed by atoms with Gasteiger partial charge in [0.25, 0.3) is 0 Å². The predicted octanol–water partition coefficient (Wildman–Crippen LogP) is 2.14. The number of alkyl halides is 1. The summed E-state index contributed by atoms with van der Waals surface area (Å²) in [5.41, 5.74) is 1.05.